The molecule has 414 valence electrons. The summed E-state index contributed by atoms with van der Waals surface area (Å²) in [6, 6.07) is 34.9. The molecule has 0 unspecified atom stereocenters. The van der Waals surface area contributed by atoms with Gasteiger partial charge in [0.15, 0.2) is 8.32 Å². The molecule has 0 bridgehead atoms. The maximum atomic E-state index is 12.9. The molecule has 6 aliphatic rings. The molecule has 6 aliphatic heterocycles. The van der Waals surface area contributed by atoms with Crippen LogP contribution in [0.1, 0.15) is 56.9 Å². The lowest BCUT2D eigenvalue weighted by Crippen LogP contribution is -2.49. The molecule has 77 heavy (non-hydrogen) atoms. The van der Waals surface area contributed by atoms with Crippen LogP contribution < -0.4 is 9.80 Å². The third kappa shape index (κ3) is 13.1. The minimum absolute atomic E-state index is 0.0693. The van der Waals surface area contributed by atoms with E-state index in [0.29, 0.717) is 72.1 Å². The number of esters is 2. The molecule has 8 atom stereocenters. The van der Waals surface area contributed by atoms with Crippen LogP contribution in [0.2, 0.25) is 18.1 Å². The highest BCUT2D eigenvalue weighted by Crippen LogP contribution is 2.42. The quantitative estimate of drug-likeness (QED) is 0.0752. The lowest BCUT2D eigenvalue weighted by molar-refractivity contribution is -0.196. The van der Waals surface area contributed by atoms with Gasteiger partial charge >= 0.3 is 24.1 Å². The number of benzene rings is 4. The summed E-state index contributed by atoms with van der Waals surface area (Å²) in [5, 5.41) is 13.2. The Bertz CT molecular complexity index is 2650. The number of carbonyl (C=O) groups is 4. The Morgan fingerprint density at radius 2 is 0.987 bits per heavy atom. The van der Waals surface area contributed by atoms with Gasteiger partial charge in [-0.2, -0.15) is 10.1 Å². The van der Waals surface area contributed by atoms with E-state index in [2.05, 4.69) is 67.9 Å². The summed E-state index contributed by atoms with van der Waals surface area (Å²) in [7, 11) is -1.97. The van der Waals surface area contributed by atoms with E-state index in [9.17, 15) is 24.3 Å². The van der Waals surface area contributed by atoms with E-state index in [1.54, 1.807) is 19.9 Å². The summed E-state index contributed by atoms with van der Waals surface area (Å²) in [6.07, 6.45) is -1.75. The number of fused-ring (bicyclic) bond motifs is 2. The number of aliphatic hydroxyl groups excluding tert-OH is 1. The number of aliphatic hydroxyl groups is 1. The van der Waals surface area contributed by atoms with Crippen molar-refractivity contribution in [2.24, 2.45) is 11.8 Å². The summed E-state index contributed by atoms with van der Waals surface area (Å²) >= 11 is 0. The van der Waals surface area contributed by atoms with Crippen molar-refractivity contribution in [2.75, 3.05) is 75.4 Å². The number of nitrogens with zero attached hydrogens (tertiary/aromatic N) is 6. The minimum atomic E-state index is -1.97. The fourth-order valence-electron chi connectivity index (χ4n) is 10.8. The van der Waals surface area contributed by atoms with Gasteiger partial charge in [-0.05, 0) is 78.5 Å². The monoisotopic (exact) mass is 1080 g/mol. The van der Waals surface area contributed by atoms with Crippen LogP contribution in [-0.2, 0) is 68.9 Å². The van der Waals surface area contributed by atoms with Crippen LogP contribution in [0.4, 0.5) is 21.0 Å². The highest BCUT2D eigenvalue weighted by molar-refractivity contribution is 6.74. The molecule has 1 N–H and O–H groups in total. The Morgan fingerprint density at radius 1 is 0.584 bits per heavy atom. The van der Waals surface area contributed by atoms with Gasteiger partial charge < -0.3 is 48.1 Å². The van der Waals surface area contributed by atoms with Crippen LogP contribution >= 0.6 is 0 Å². The van der Waals surface area contributed by atoms with Crippen molar-refractivity contribution in [3.8, 4) is 0 Å². The lowest BCUT2D eigenvalue weighted by Gasteiger charge is -2.37. The van der Waals surface area contributed by atoms with Gasteiger partial charge in [0.1, 0.15) is 49.7 Å². The summed E-state index contributed by atoms with van der Waals surface area (Å²) in [5.41, 5.74) is 6.13. The van der Waals surface area contributed by atoms with Crippen molar-refractivity contribution in [1.82, 2.24) is 19.9 Å². The van der Waals surface area contributed by atoms with Crippen molar-refractivity contribution >= 4 is 43.8 Å². The Hall–Kier alpha value is -6.06. The molecule has 0 aliphatic carbocycles. The summed E-state index contributed by atoms with van der Waals surface area (Å²) in [4.78, 5) is 70.7. The largest absolute Gasteiger partial charge is 0.461 e. The van der Waals surface area contributed by atoms with Gasteiger partial charge in [0.2, 0.25) is 0 Å². The molecule has 2 amide bonds. The fraction of sp³-hybridized carbons (Fsp3) is 0.517. The number of hydroxylamine groups is 4. The zero-order chi connectivity index (χ0) is 54.4. The molecule has 4 aromatic carbocycles. The van der Waals surface area contributed by atoms with Gasteiger partial charge in [0, 0.05) is 63.7 Å². The molecule has 6 saturated heterocycles. The first kappa shape index (κ1) is 55.7. The van der Waals surface area contributed by atoms with Gasteiger partial charge in [0.05, 0.1) is 38.1 Å². The molecule has 0 radical (unpaired) electrons. The van der Waals surface area contributed by atoms with E-state index in [1.807, 2.05) is 98.8 Å². The van der Waals surface area contributed by atoms with Crippen molar-refractivity contribution in [2.45, 2.75) is 116 Å². The third-order valence-corrected chi connectivity index (χ3v) is 20.7. The molecule has 6 fully saturated rings. The van der Waals surface area contributed by atoms with Crippen molar-refractivity contribution in [3.63, 3.8) is 0 Å². The van der Waals surface area contributed by atoms with Crippen molar-refractivity contribution in [1.29, 1.82) is 0 Å². The molecular formula is C58H76N6O12Si. The molecule has 0 aromatic heterocycles. The second kappa shape index (κ2) is 24.3. The van der Waals surface area contributed by atoms with Gasteiger partial charge in [-0.3, -0.25) is 19.3 Å². The summed E-state index contributed by atoms with van der Waals surface area (Å²) in [6.45, 7) is 21.8. The number of hydrogen-bond acceptors (Lipinski definition) is 16. The van der Waals surface area contributed by atoms with E-state index in [0.717, 1.165) is 33.6 Å². The summed E-state index contributed by atoms with van der Waals surface area (Å²) in [5.74, 6) is -0.774. The van der Waals surface area contributed by atoms with Crippen LogP contribution in [0.15, 0.2) is 109 Å². The maximum absolute atomic E-state index is 12.9. The average Bonchev–Trinajstić information content (AvgIpc) is 4.22. The van der Waals surface area contributed by atoms with Crippen molar-refractivity contribution < 1.29 is 57.3 Å². The minimum Gasteiger partial charge on any atom is -0.461 e. The van der Waals surface area contributed by atoms with Gasteiger partial charge in [-0.25, -0.2) is 9.59 Å². The third-order valence-electron chi connectivity index (χ3n) is 16.2. The predicted molar refractivity (Wildman–Crippen MR) is 290 cm³/mol. The second-order valence-corrected chi connectivity index (χ2v) is 27.2. The fourth-order valence-corrected chi connectivity index (χ4v) is 11.8. The first-order valence-electron chi connectivity index (χ1n) is 27.1. The number of anilines is 2. The van der Waals surface area contributed by atoms with E-state index in [4.69, 9.17) is 33.0 Å². The Balaban J connectivity index is 0.000000191. The molecule has 10 rings (SSSR count). The molecule has 6 heterocycles. The zero-order valence-electron chi connectivity index (χ0n) is 45.5. The smallest absolute Gasteiger partial charge is 0.410 e. The Kier molecular flexibility index (Phi) is 17.6. The lowest BCUT2D eigenvalue weighted by atomic mass is 9.93. The topological polar surface area (TPSA) is 173 Å². The SMILES string of the molecule is C[C@@H]1OC(=O)[C@@H]2[C@H]1[C@H](CO)ON2Cc1cccc(N2CCN(C(=O)OCc3ccccc3)CC2)c1.C[C@@H]1OC(=O)[C@@H]2[C@H]1[C@H](CO[Si](C)(C)C(C)(C)C)ON2Cc1cccc(N2CCN(C(=O)OCc3ccccc3)CC2)c1. The highest BCUT2D eigenvalue weighted by Gasteiger charge is 2.58. The predicted octanol–water partition coefficient (Wildman–Crippen LogP) is 7.40. The normalized spacial score (nSPS) is 25.7. The van der Waals surface area contributed by atoms with Crippen LogP contribution in [0.25, 0.3) is 0 Å². The van der Waals surface area contributed by atoms with Crippen LogP contribution in [0, 0.1) is 11.8 Å². The number of piperazine rings is 2. The maximum Gasteiger partial charge on any atom is 0.410 e. The molecule has 4 aromatic rings. The Morgan fingerprint density at radius 3 is 1.40 bits per heavy atom. The first-order valence-corrected chi connectivity index (χ1v) is 30.0. The van der Waals surface area contributed by atoms with E-state index < -0.39 is 26.5 Å². The van der Waals surface area contributed by atoms with Crippen LogP contribution in [-0.4, -0.2) is 160 Å². The Labute approximate surface area is 453 Å². The van der Waals surface area contributed by atoms with Gasteiger partial charge in [-0.1, -0.05) is 106 Å². The zero-order valence-corrected chi connectivity index (χ0v) is 46.5. The molecular weight excluding hydrogens is 1000 g/mol. The molecule has 0 saturated carbocycles. The molecule has 0 spiro atoms. The number of carbonyl (C=O) groups excluding carboxylic acids is 4. The van der Waals surface area contributed by atoms with Crippen molar-refractivity contribution in [3.05, 3.63) is 131 Å². The standard InChI is InChI=1S/C32H45N3O6Si.C26H31N3O6/c1-23-28-27(22-39-42(5,6)32(2,3)4)41-35(29(28)30(36)40-23)20-25-13-10-14-26(19-25)33-15-17-34(18-16-33)31(37)38-21-24-11-8-7-9-12-24;1-18-23-22(16-30)35-29(24(23)25(31)34-18)15-20-8-5-9-21(14-20)27-10-12-28(13-11-27)26(32)33-17-19-6-3-2-4-7-19/h7-14,19,23,27-29H,15-18,20-22H2,1-6H3;2-9,14,18,22-24,30H,10-13,15-17H2,1H3/t23-,27-,28+,29-;18-,22-,23+,24-/m00/s1. The van der Waals surface area contributed by atoms with E-state index in [-0.39, 0.29) is 79.1 Å². The second-order valence-electron chi connectivity index (χ2n) is 22.4. The van der Waals surface area contributed by atoms with Gasteiger partial charge in [-0.15, -0.1) is 0 Å². The number of ether oxygens (including phenoxy) is 4. The number of rotatable bonds is 14. The summed E-state index contributed by atoms with van der Waals surface area (Å²) < 4.78 is 28.5. The molecule has 19 heteroatoms. The van der Waals surface area contributed by atoms with Crippen LogP contribution in [0.3, 0.4) is 0 Å². The number of cyclic esters (lactones) is 2. The van der Waals surface area contributed by atoms with E-state index >= 15 is 0 Å². The number of amides is 2. The number of hydrogen-bond donors (Lipinski definition) is 1. The van der Waals surface area contributed by atoms with E-state index in [1.165, 1.54) is 0 Å². The van der Waals surface area contributed by atoms with Gasteiger partial charge in [0.25, 0.3) is 0 Å². The highest BCUT2D eigenvalue weighted by atomic mass is 28.4. The van der Waals surface area contributed by atoms with Crippen LogP contribution in [0.5, 0.6) is 0 Å². The average molecular weight is 1080 g/mol. The molecule has 18 nitrogen and oxygen atoms in total. The first-order chi connectivity index (χ1) is 37.0.